The largest absolute Gasteiger partial charge is 0.350 e. The standard InChI is InChI=1S/C13H16BrIN2O2/c1-13(2,3)17-11(18)7-16-12(19)9-6-8(15)4-5-10(9)14/h4-6H,7H2,1-3H3,(H,16,19)(H,17,18). The minimum absolute atomic E-state index is 0.0337. The minimum Gasteiger partial charge on any atom is -0.350 e. The number of rotatable bonds is 3. The topological polar surface area (TPSA) is 58.2 Å². The SMILES string of the molecule is CC(C)(C)NC(=O)CNC(=O)c1cc(I)ccc1Br. The van der Waals surface area contributed by atoms with Crippen LogP contribution in [0.4, 0.5) is 0 Å². The fourth-order valence-electron chi connectivity index (χ4n) is 1.39. The quantitative estimate of drug-likeness (QED) is 0.713. The van der Waals surface area contributed by atoms with Gasteiger partial charge in [-0.2, -0.15) is 0 Å². The van der Waals surface area contributed by atoms with Crippen molar-refractivity contribution in [2.45, 2.75) is 26.3 Å². The molecular formula is C13H16BrIN2O2. The molecule has 0 aliphatic heterocycles. The zero-order valence-electron chi connectivity index (χ0n) is 11.0. The van der Waals surface area contributed by atoms with Gasteiger partial charge in [0.05, 0.1) is 12.1 Å². The molecule has 0 saturated carbocycles. The Morgan fingerprint density at radius 3 is 2.53 bits per heavy atom. The molecule has 104 valence electrons. The molecule has 0 radical (unpaired) electrons. The number of amides is 2. The Bertz CT molecular complexity index is 498. The third-order valence-corrected chi connectivity index (χ3v) is 3.46. The van der Waals surface area contributed by atoms with Crippen molar-refractivity contribution in [1.29, 1.82) is 0 Å². The van der Waals surface area contributed by atoms with E-state index in [-0.39, 0.29) is 23.9 Å². The highest BCUT2D eigenvalue weighted by Gasteiger charge is 2.15. The first-order chi connectivity index (χ1) is 8.69. The van der Waals surface area contributed by atoms with E-state index in [2.05, 4.69) is 49.2 Å². The lowest BCUT2D eigenvalue weighted by Gasteiger charge is -2.20. The van der Waals surface area contributed by atoms with Gasteiger partial charge in [-0.15, -0.1) is 0 Å². The van der Waals surface area contributed by atoms with Crippen molar-refractivity contribution in [3.63, 3.8) is 0 Å². The average Bonchev–Trinajstić information content (AvgIpc) is 2.27. The highest BCUT2D eigenvalue weighted by Crippen LogP contribution is 2.19. The van der Waals surface area contributed by atoms with Crippen LogP contribution in [0, 0.1) is 3.57 Å². The Labute approximate surface area is 135 Å². The summed E-state index contributed by atoms with van der Waals surface area (Å²) in [7, 11) is 0. The van der Waals surface area contributed by atoms with Crippen LogP contribution >= 0.6 is 38.5 Å². The van der Waals surface area contributed by atoms with E-state index in [1.165, 1.54) is 0 Å². The first-order valence-electron chi connectivity index (χ1n) is 5.73. The van der Waals surface area contributed by atoms with Crippen LogP contribution < -0.4 is 10.6 Å². The van der Waals surface area contributed by atoms with Gasteiger partial charge in [0.1, 0.15) is 0 Å². The van der Waals surface area contributed by atoms with Gasteiger partial charge >= 0.3 is 0 Å². The van der Waals surface area contributed by atoms with Gasteiger partial charge in [0.15, 0.2) is 0 Å². The van der Waals surface area contributed by atoms with Crippen LogP contribution in [0.3, 0.4) is 0 Å². The zero-order chi connectivity index (χ0) is 14.6. The van der Waals surface area contributed by atoms with Crippen LogP contribution in [0.5, 0.6) is 0 Å². The molecule has 0 saturated heterocycles. The van der Waals surface area contributed by atoms with Crippen molar-refractivity contribution in [1.82, 2.24) is 10.6 Å². The summed E-state index contributed by atoms with van der Waals surface area (Å²) in [4.78, 5) is 23.6. The number of benzene rings is 1. The number of carbonyl (C=O) groups is 2. The summed E-state index contributed by atoms with van der Waals surface area (Å²) in [6.07, 6.45) is 0. The van der Waals surface area contributed by atoms with Crippen molar-refractivity contribution in [3.05, 3.63) is 31.8 Å². The first kappa shape index (κ1) is 16.4. The van der Waals surface area contributed by atoms with Crippen molar-refractivity contribution >= 4 is 50.3 Å². The molecule has 1 rings (SSSR count). The summed E-state index contributed by atoms with van der Waals surface area (Å²) in [5.74, 6) is -0.475. The van der Waals surface area contributed by atoms with Crippen molar-refractivity contribution < 1.29 is 9.59 Å². The maximum absolute atomic E-state index is 12.0. The molecule has 1 aromatic rings. The molecule has 0 fully saturated rings. The van der Waals surface area contributed by atoms with E-state index < -0.39 is 0 Å². The van der Waals surface area contributed by atoms with Gasteiger partial charge in [-0.25, -0.2) is 0 Å². The molecule has 0 heterocycles. The third-order valence-electron chi connectivity index (χ3n) is 2.10. The van der Waals surface area contributed by atoms with Gasteiger partial charge in [-0.1, -0.05) is 0 Å². The van der Waals surface area contributed by atoms with Crippen LogP contribution in [-0.4, -0.2) is 23.9 Å². The van der Waals surface area contributed by atoms with Crippen molar-refractivity contribution in [2.24, 2.45) is 0 Å². The molecule has 0 aliphatic rings. The molecule has 4 nitrogen and oxygen atoms in total. The van der Waals surface area contributed by atoms with E-state index >= 15 is 0 Å². The lowest BCUT2D eigenvalue weighted by molar-refractivity contribution is -0.121. The van der Waals surface area contributed by atoms with Crippen LogP contribution in [-0.2, 0) is 4.79 Å². The van der Waals surface area contributed by atoms with Gasteiger partial charge in [0.2, 0.25) is 5.91 Å². The van der Waals surface area contributed by atoms with E-state index in [0.29, 0.717) is 10.0 Å². The summed E-state index contributed by atoms with van der Waals surface area (Å²) in [5.41, 5.74) is 0.223. The monoisotopic (exact) mass is 438 g/mol. The lowest BCUT2D eigenvalue weighted by Crippen LogP contribution is -2.45. The van der Waals surface area contributed by atoms with Crippen LogP contribution in [0.1, 0.15) is 31.1 Å². The number of carbonyl (C=O) groups excluding carboxylic acids is 2. The third kappa shape index (κ3) is 5.90. The fraction of sp³-hybridized carbons (Fsp3) is 0.385. The van der Waals surface area contributed by atoms with E-state index in [4.69, 9.17) is 0 Å². The van der Waals surface area contributed by atoms with E-state index in [1.54, 1.807) is 6.07 Å². The van der Waals surface area contributed by atoms with E-state index in [9.17, 15) is 9.59 Å². The summed E-state index contributed by atoms with van der Waals surface area (Å²) >= 11 is 5.46. The first-order valence-corrected chi connectivity index (χ1v) is 7.60. The Morgan fingerprint density at radius 2 is 1.95 bits per heavy atom. The van der Waals surface area contributed by atoms with Crippen LogP contribution in [0.25, 0.3) is 0 Å². The molecule has 19 heavy (non-hydrogen) atoms. The summed E-state index contributed by atoms with van der Waals surface area (Å²) in [6, 6.07) is 5.47. The average molecular weight is 439 g/mol. The number of hydrogen-bond acceptors (Lipinski definition) is 2. The molecule has 0 aliphatic carbocycles. The molecule has 0 spiro atoms. The van der Waals surface area contributed by atoms with Crippen LogP contribution in [0.15, 0.2) is 22.7 Å². The van der Waals surface area contributed by atoms with E-state index in [1.807, 2.05) is 32.9 Å². The molecule has 0 bridgehead atoms. The van der Waals surface area contributed by atoms with Gasteiger partial charge in [0.25, 0.3) is 5.91 Å². The van der Waals surface area contributed by atoms with E-state index in [0.717, 1.165) is 3.57 Å². The van der Waals surface area contributed by atoms with Gasteiger partial charge in [-0.3, -0.25) is 9.59 Å². The molecule has 0 unspecified atom stereocenters. The normalized spacial score (nSPS) is 11.0. The lowest BCUT2D eigenvalue weighted by atomic mass is 10.1. The molecule has 2 N–H and O–H groups in total. The summed E-state index contributed by atoms with van der Waals surface area (Å²) < 4.78 is 1.67. The molecular weight excluding hydrogens is 423 g/mol. The van der Waals surface area contributed by atoms with Crippen molar-refractivity contribution in [2.75, 3.05) is 6.54 Å². The summed E-state index contributed by atoms with van der Waals surface area (Å²) in [5, 5.41) is 5.39. The zero-order valence-corrected chi connectivity index (χ0v) is 14.8. The highest BCUT2D eigenvalue weighted by molar-refractivity contribution is 14.1. The smallest absolute Gasteiger partial charge is 0.252 e. The molecule has 1 aromatic carbocycles. The Balaban J connectivity index is 2.61. The maximum atomic E-state index is 12.0. The Morgan fingerprint density at radius 1 is 1.32 bits per heavy atom. The molecule has 0 atom stereocenters. The number of halogens is 2. The van der Waals surface area contributed by atoms with Gasteiger partial charge < -0.3 is 10.6 Å². The molecule has 6 heteroatoms. The Kier molecular flexibility index (Phi) is 5.79. The fourth-order valence-corrected chi connectivity index (χ4v) is 2.31. The molecule has 0 aromatic heterocycles. The second-order valence-corrected chi connectivity index (χ2v) is 7.20. The van der Waals surface area contributed by atoms with Gasteiger partial charge in [0, 0.05) is 13.6 Å². The molecule has 2 amide bonds. The second kappa shape index (κ2) is 6.69. The Hall–Kier alpha value is -0.630. The maximum Gasteiger partial charge on any atom is 0.252 e. The van der Waals surface area contributed by atoms with Crippen LogP contribution in [0.2, 0.25) is 0 Å². The van der Waals surface area contributed by atoms with Gasteiger partial charge in [-0.05, 0) is 77.5 Å². The number of hydrogen-bond donors (Lipinski definition) is 2. The summed E-state index contributed by atoms with van der Waals surface area (Å²) in [6.45, 7) is 5.64. The highest BCUT2D eigenvalue weighted by atomic mass is 127. The number of nitrogens with one attached hydrogen (secondary N) is 2. The predicted molar refractivity (Wildman–Crippen MR) is 87.1 cm³/mol. The second-order valence-electron chi connectivity index (χ2n) is 5.11. The predicted octanol–water partition coefficient (Wildman–Crippen LogP) is 2.70. The van der Waals surface area contributed by atoms with Crippen molar-refractivity contribution in [3.8, 4) is 0 Å². The minimum atomic E-state index is -0.301.